The molecule has 23 heavy (non-hydrogen) atoms. The van der Waals surface area contributed by atoms with Crippen LogP contribution in [-0.4, -0.2) is 35.4 Å². The highest BCUT2D eigenvalue weighted by molar-refractivity contribution is 7.99. The maximum atomic E-state index is 12.2. The van der Waals surface area contributed by atoms with Gasteiger partial charge >= 0.3 is 0 Å². The first-order valence-corrected chi connectivity index (χ1v) is 9.53. The molecule has 1 amide bonds. The zero-order chi connectivity index (χ0) is 17.0. The molecule has 0 N–H and O–H groups in total. The average molecular weight is 333 g/mol. The molecular formula is C19H27NO2S. The molecule has 1 aliphatic heterocycles. The van der Waals surface area contributed by atoms with Gasteiger partial charge in [0.05, 0.1) is 5.75 Å². The molecule has 1 aromatic carbocycles. The SMILES string of the molecule is CC(=O)c1c(C)cc(C)c(CSCC(=O)N2CCCCC2)c1C. The van der Waals surface area contributed by atoms with E-state index in [-0.39, 0.29) is 11.7 Å². The molecule has 0 saturated carbocycles. The van der Waals surface area contributed by atoms with Gasteiger partial charge in [-0.05, 0) is 69.2 Å². The number of amides is 1. The van der Waals surface area contributed by atoms with E-state index in [4.69, 9.17) is 0 Å². The van der Waals surface area contributed by atoms with Crippen molar-refractivity contribution in [2.45, 2.75) is 52.7 Å². The summed E-state index contributed by atoms with van der Waals surface area (Å²) in [6.45, 7) is 9.56. The summed E-state index contributed by atoms with van der Waals surface area (Å²) >= 11 is 1.66. The Morgan fingerprint density at radius 3 is 2.35 bits per heavy atom. The first-order valence-electron chi connectivity index (χ1n) is 8.38. The van der Waals surface area contributed by atoms with Gasteiger partial charge in [-0.15, -0.1) is 11.8 Å². The molecule has 0 unspecified atom stereocenters. The highest BCUT2D eigenvalue weighted by Gasteiger charge is 2.18. The minimum absolute atomic E-state index is 0.121. The minimum atomic E-state index is 0.121. The van der Waals surface area contributed by atoms with E-state index >= 15 is 0 Å². The predicted molar refractivity (Wildman–Crippen MR) is 97.3 cm³/mol. The smallest absolute Gasteiger partial charge is 0.232 e. The van der Waals surface area contributed by atoms with Crippen molar-refractivity contribution in [2.24, 2.45) is 0 Å². The van der Waals surface area contributed by atoms with Gasteiger partial charge < -0.3 is 4.90 Å². The van der Waals surface area contributed by atoms with Crippen molar-refractivity contribution in [2.75, 3.05) is 18.8 Å². The lowest BCUT2D eigenvalue weighted by molar-refractivity contribution is -0.129. The van der Waals surface area contributed by atoms with Gasteiger partial charge in [0.1, 0.15) is 0 Å². The molecule has 1 aromatic rings. The minimum Gasteiger partial charge on any atom is -0.342 e. The van der Waals surface area contributed by atoms with Crippen LogP contribution in [-0.2, 0) is 10.5 Å². The number of hydrogen-bond acceptors (Lipinski definition) is 3. The Kier molecular flexibility index (Phi) is 6.28. The van der Waals surface area contributed by atoms with Gasteiger partial charge in [-0.25, -0.2) is 0 Å². The fourth-order valence-corrected chi connectivity index (χ4v) is 4.57. The molecule has 1 aliphatic rings. The van der Waals surface area contributed by atoms with Crippen molar-refractivity contribution >= 4 is 23.5 Å². The molecule has 4 heteroatoms. The number of Topliss-reactive ketones (excluding diaryl/α,β-unsaturated/α-hetero) is 1. The lowest BCUT2D eigenvalue weighted by Crippen LogP contribution is -2.36. The van der Waals surface area contributed by atoms with Gasteiger partial charge in [0.15, 0.2) is 5.78 Å². The first kappa shape index (κ1) is 18.1. The van der Waals surface area contributed by atoms with Crippen LogP contribution in [0.25, 0.3) is 0 Å². The number of thioether (sulfide) groups is 1. The normalized spacial score (nSPS) is 14.9. The van der Waals surface area contributed by atoms with Crippen LogP contribution in [0.4, 0.5) is 0 Å². The van der Waals surface area contributed by atoms with Crippen LogP contribution in [0.5, 0.6) is 0 Å². The van der Waals surface area contributed by atoms with Crippen molar-refractivity contribution in [1.82, 2.24) is 4.90 Å². The third-order valence-electron chi connectivity index (χ3n) is 4.66. The summed E-state index contributed by atoms with van der Waals surface area (Å²) < 4.78 is 0. The van der Waals surface area contributed by atoms with Gasteiger partial charge in [-0.1, -0.05) is 6.07 Å². The van der Waals surface area contributed by atoms with E-state index in [0.29, 0.717) is 5.75 Å². The number of aryl methyl sites for hydroxylation is 2. The third-order valence-corrected chi connectivity index (χ3v) is 5.61. The highest BCUT2D eigenvalue weighted by atomic mass is 32.2. The lowest BCUT2D eigenvalue weighted by Gasteiger charge is -2.26. The van der Waals surface area contributed by atoms with Crippen molar-refractivity contribution in [3.05, 3.63) is 33.9 Å². The highest BCUT2D eigenvalue weighted by Crippen LogP contribution is 2.26. The summed E-state index contributed by atoms with van der Waals surface area (Å²) in [4.78, 5) is 26.1. The van der Waals surface area contributed by atoms with E-state index in [2.05, 4.69) is 13.0 Å². The lowest BCUT2D eigenvalue weighted by atomic mass is 9.92. The van der Waals surface area contributed by atoms with Crippen LogP contribution in [0.1, 0.15) is 58.8 Å². The van der Waals surface area contributed by atoms with E-state index in [0.717, 1.165) is 48.4 Å². The molecule has 3 nitrogen and oxygen atoms in total. The summed E-state index contributed by atoms with van der Waals surface area (Å²) in [5.74, 6) is 1.69. The first-order chi connectivity index (χ1) is 10.9. The largest absolute Gasteiger partial charge is 0.342 e. The zero-order valence-electron chi connectivity index (χ0n) is 14.7. The van der Waals surface area contributed by atoms with E-state index in [1.54, 1.807) is 18.7 Å². The second kappa shape index (κ2) is 8.00. The maximum Gasteiger partial charge on any atom is 0.232 e. The molecule has 0 atom stereocenters. The number of carbonyl (C=O) groups excluding carboxylic acids is 2. The van der Waals surface area contributed by atoms with Crippen LogP contribution in [0.2, 0.25) is 0 Å². The number of ketones is 1. The zero-order valence-corrected chi connectivity index (χ0v) is 15.5. The average Bonchev–Trinajstić information content (AvgIpc) is 2.50. The summed E-state index contributed by atoms with van der Waals surface area (Å²) in [6, 6.07) is 2.09. The number of rotatable bonds is 5. The summed E-state index contributed by atoms with van der Waals surface area (Å²) in [7, 11) is 0. The van der Waals surface area contributed by atoms with E-state index in [9.17, 15) is 9.59 Å². The summed E-state index contributed by atoms with van der Waals surface area (Å²) in [5, 5.41) is 0. The maximum absolute atomic E-state index is 12.2. The summed E-state index contributed by atoms with van der Waals surface area (Å²) in [6.07, 6.45) is 3.51. The fraction of sp³-hybridized carbons (Fsp3) is 0.579. The second-order valence-corrected chi connectivity index (χ2v) is 7.46. The Morgan fingerprint density at radius 2 is 1.74 bits per heavy atom. The van der Waals surface area contributed by atoms with Gasteiger partial charge in [-0.3, -0.25) is 9.59 Å². The molecule has 2 rings (SSSR count). The van der Waals surface area contributed by atoms with Crippen LogP contribution >= 0.6 is 11.8 Å². The van der Waals surface area contributed by atoms with E-state index < -0.39 is 0 Å². The predicted octanol–water partition coefficient (Wildman–Crippen LogP) is 4.06. The number of piperidine rings is 1. The van der Waals surface area contributed by atoms with Crippen LogP contribution < -0.4 is 0 Å². The number of benzene rings is 1. The number of hydrogen-bond donors (Lipinski definition) is 0. The van der Waals surface area contributed by atoms with Gasteiger partial charge in [0, 0.05) is 24.4 Å². The third kappa shape index (κ3) is 4.37. The van der Waals surface area contributed by atoms with Gasteiger partial charge in [0.2, 0.25) is 5.91 Å². The fourth-order valence-electron chi connectivity index (χ4n) is 3.47. The van der Waals surface area contributed by atoms with Crippen LogP contribution in [0.3, 0.4) is 0 Å². The number of nitrogens with zero attached hydrogens (tertiary/aromatic N) is 1. The van der Waals surface area contributed by atoms with Crippen LogP contribution in [0, 0.1) is 20.8 Å². The second-order valence-electron chi connectivity index (χ2n) is 6.48. The molecular weight excluding hydrogens is 306 g/mol. The van der Waals surface area contributed by atoms with Crippen molar-refractivity contribution in [3.63, 3.8) is 0 Å². The quantitative estimate of drug-likeness (QED) is 0.763. The molecule has 1 saturated heterocycles. The topological polar surface area (TPSA) is 37.4 Å². The Bertz CT molecular complexity index is 604. The molecule has 0 radical (unpaired) electrons. The Morgan fingerprint density at radius 1 is 1.09 bits per heavy atom. The molecule has 0 spiro atoms. The molecule has 1 fully saturated rings. The van der Waals surface area contributed by atoms with Gasteiger partial charge in [0.25, 0.3) is 0 Å². The van der Waals surface area contributed by atoms with E-state index in [1.807, 2.05) is 18.7 Å². The van der Waals surface area contributed by atoms with E-state index in [1.165, 1.54) is 17.5 Å². The molecule has 0 bridgehead atoms. The van der Waals surface area contributed by atoms with Crippen LogP contribution in [0.15, 0.2) is 6.07 Å². The molecule has 126 valence electrons. The Labute approximate surface area is 143 Å². The molecule has 1 heterocycles. The summed E-state index contributed by atoms with van der Waals surface area (Å²) in [5.41, 5.74) is 5.38. The Balaban J connectivity index is 2.01. The molecule has 0 aliphatic carbocycles. The van der Waals surface area contributed by atoms with Crippen molar-refractivity contribution in [1.29, 1.82) is 0 Å². The van der Waals surface area contributed by atoms with Crippen molar-refractivity contribution in [3.8, 4) is 0 Å². The standard InChI is InChI=1S/C19H27NO2S/c1-13-10-14(2)19(16(4)21)15(3)17(13)11-23-12-18(22)20-8-6-5-7-9-20/h10H,5-9,11-12H2,1-4H3. The Hall–Kier alpha value is -1.29. The monoisotopic (exact) mass is 333 g/mol. The molecule has 0 aromatic heterocycles. The number of likely N-dealkylation sites (tertiary alicyclic amines) is 1. The van der Waals surface area contributed by atoms with Gasteiger partial charge in [-0.2, -0.15) is 0 Å². The van der Waals surface area contributed by atoms with Crippen molar-refractivity contribution < 1.29 is 9.59 Å². The number of carbonyl (C=O) groups is 2.